The van der Waals surface area contributed by atoms with Gasteiger partial charge in [0, 0.05) is 19.6 Å². The zero-order valence-electron chi connectivity index (χ0n) is 13.6. The molecule has 124 valence electrons. The van der Waals surface area contributed by atoms with Crippen molar-refractivity contribution in [1.82, 2.24) is 14.4 Å². The molecule has 4 rings (SSSR count). The van der Waals surface area contributed by atoms with Crippen LogP contribution in [0.25, 0.3) is 11.1 Å². The molecule has 5 nitrogen and oxygen atoms in total. The Morgan fingerprint density at radius 2 is 1.74 bits per heavy atom. The molecule has 0 radical (unpaired) electrons. The van der Waals surface area contributed by atoms with Crippen molar-refractivity contribution in [3.8, 4) is 0 Å². The molecule has 2 aliphatic rings. The summed E-state index contributed by atoms with van der Waals surface area (Å²) in [6, 6.07) is 7.99. The van der Waals surface area contributed by atoms with Crippen molar-refractivity contribution in [3.63, 3.8) is 0 Å². The van der Waals surface area contributed by atoms with Crippen LogP contribution in [0.15, 0.2) is 33.5 Å². The van der Waals surface area contributed by atoms with Crippen LogP contribution in [0.5, 0.6) is 0 Å². The van der Waals surface area contributed by atoms with E-state index < -0.39 is 0 Å². The average Bonchev–Trinajstić information content (AvgIpc) is 3.19. The van der Waals surface area contributed by atoms with E-state index in [2.05, 4.69) is 9.80 Å². The lowest BCUT2D eigenvalue weighted by atomic mass is 10.1. The van der Waals surface area contributed by atoms with Crippen LogP contribution in [0.2, 0.25) is 0 Å². The summed E-state index contributed by atoms with van der Waals surface area (Å²) in [6.07, 6.45) is 4.90. The number of fused-ring (bicyclic) bond motifs is 1. The van der Waals surface area contributed by atoms with Gasteiger partial charge in [0.1, 0.15) is 0 Å². The lowest BCUT2D eigenvalue weighted by Crippen LogP contribution is -2.42. The SMILES string of the molecule is O=c1oc2ccccc2n1C1CCCN(CCN2CCCC2)C1. The number of hydrogen-bond acceptors (Lipinski definition) is 4. The third-order valence-electron chi connectivity index (χ3n) is 5.30. The molecule has 0 saturated carbocycles. The fraction of sp³-hybridized carbons (Fsp3) is 0.611. The molecule has 0 aliphatic carbocycles. The molecule has 2 aliphatic heterocycles. The molecule has 0 amide bonds. The maximum absolute atomic E-state index is 12.3. The summed E-state index contributed by atoms with van der Waals surface area (Å²) in [6.45, 7) is 6.88. The van der Waals surface area contributed by atoms with Gasteiger partial charge in [-0.05, 0) is 57.5 Å². The van der Waals surface area contributed by atoms with Gasteiger partial charge in [-0.25, -0.2) is 4.79 Å². The molecule has 0 bridgehead atoms. The van der Waals surface area contributed by atoms with E-state index in [1.807, 2.05) is 28.8 Å². The number of rotatable bonds is 4. The normalized spacial score (nSPS) is 23.7. The third kappa shape index (κ3) is 3.08. The van der Waals surface area contributed by atoms with Crippen molar-refractivity contribution in [1.29, 1.82) is 0 Å². The summed E-state index contributed by atoms with van der Waals surface area (Å²) >= 11 is 0. The first-order valence-electron chi connectivity index (χ1n) is 8.86. The second kappa shape index (κ2) is 6.49. The van der Waals surface area contributed by atoms with Crippen molar-refractivity contribution < 1.29 is 4.42 Å². The average molecular weight is 315 g/mol. The van der Waals surface area contributed by atoms with E-state index in [0.717, 1.165) is 44.5 Å². The van der Waals surface area contributed by atoms with E-state index in [0.29, 0.717) is 5.58 Å². The second-order valence-electron chi connectivity index (χ2n) is 6.85. The van der Waals surface area contributed by atoms with Crippen molar-refractivity contribution in [2.45, 2.75) is 31.7 Å². The minimum atomic E-state index is -0.211. The second-order valence-corrected chi connectivity index (χ2v) is 6.85. The van der Waals surface area contributed by atoms with Gasteiger partial charge in [-0.3, -0.25) is 4.57 Å². The number of benzene rings is 1. The Morgan fingerprint density at radius 1 is 1.00 bits per heavy atom. The Labute approximate surface area is 136 Å². The molecule has 0 spiro atoms. The Morgan fingerprint density at radius 3 is 2.61 bits per heavy atom. The van der Waals surface area contributed by atoms with Gasteiger partial charge in [-0.1, -0.05) is 12.1 Å². The molecule has 1 unspecified atom stereocenters. The predicted molar refractivity (Wildman–Crippen MR) is 90.9 cm³/mol. The van der Waals surface area contributed by atoms with Crippen LogP contribution >= 0.6 is 0 Å². The molecule has 5 heteroatoms. The topological polar surface area (TPSA) is 41.6 Å². The summed E-state index contributed by atoms with van der Waals surface area (Å²) < 4.78 is 7.28. The van der Waals surface area contributed by atoms with Crippen LogP contribution in [0.4, 0.5) is 0 Å². The number of hydrogen-bond donors (Lipinski definition) is 0. The Hall–Kier alpha value is -1.59. The van der Waals surface area contributed by atoms with Gasteiger partial charge in [0.05, 0.1) is 11.6 Å². The van der Waals surface area contributed by atoms with Gasteiger partial charge in [0.15, 0.2) is 5.58 Å². The summed E-state index contributed by atoms with van der Waals surface area (Å²) in [7, 11) is 0. The fourth-order valence-corrected chi connectivity index (χ4v) is 4.06. The van der Waals surface area contributed by atoms with Crippen LogP contribution in [0.3, 0.4) is 0 Å². The first-order chi connectivity index (χ1) is 11.3. The minimum Gasteiger partial charge on any atom is -0.408 e. The van der Waals surface area contributed by atoms with Crippen molar-refractivity contribution in [2.75, 3.05) is 39.3 Å². The van der Waals surface area contributed by atoms with Crippen LogP contribution in [0.1, 0.15) is 31.7 Å². The summed E-state index contributed by atoms with van der Waals surface area (Å²) in [4.78, 5) is 17.4. The Kier molecular flexibility index (Phi) is 4.23. The van der Waals surface area contributed by atoms with E-state index in [9.17, 15) is 4.79 Å². The van der Waals surface area contributed by atoms with Crippen LogP contribution in [0, 0.1) is 0 Å². The zero-order valence-corrected chi connectivity index (χ0v) is 13.6. The van der Waals surface area contributed by atoms with Gasteiger partial charge >= 0.3 is 5.76 Å². The van der Waals surface area contributed by atoms with Crippen molar-refractivity contribution in [3.05, 3.63) is 34.8 Å². The van der Waals surface area contributed by atoms with Gasteiger partial charge < -0.3 is 14.2 Å². The molecule has 1 aromatic heterocycles. The fourth-order valence-electron chi connectivity index (χ4n) is 4.06. The highest BCUT2D eigenvalue weighted by Crippen LogP contribution is 2.24. The van der Waals surface area contributed by atoms with Crippen molar-refractivity contribution >= 4 is 11.1 Å². The Bertz CT molecular complexity index is 714. The maximum Gasteiger partial charge on any atom is 0.420 e. The van der Waals surface area contributed by atoms with E-state index in [1.165, 1.54) is 25.9 Å². The standard InChI is InChI=1S/C18H25N3O2/c22-18-21(16-7-1-2-8-17(16)23-18)15-6-5-11-20(14-15)13-12-19-9-3-4-10-19/h1-2,7-8,15H,3-6,9-14H2. The van der Waals surface area contributed by atoms with Crippen LogP contribution < -0.4 is 5.76 Å². The molecule has 2 aromatic rings. The summed E-state index contributed by atoms with van der Waals surface area (Å²) in [5.41, 5.74) is 1.63. The molecule has 0 N–H and O–H groups in total. The van der Waals surface area contributed by atoms with Gasteiger partial charge in [0.25, 0.3) is 0 Å². The molecule has 1 aromatic carbocycles. The number of likely N-dealkylation sites (tertiary alicyclic amines) is 2. The van der Waals surface area contributed by atoms with E-state index in [-0.39, 0.29) is 11.8 Å². The number of oxazole rings is 1. The minimum absolute atomic E-state index is 0.211. The molecule has 3 heterocycles. The molecular formula is C18H25N3O2. The number of aromatic nitrogens is 1. The monoisotopic (exact) mass is 315 g/mol. The van der Waals surface area contributed by atoms with E-state index >= 15 is 0 Å². The Balaban J connectivity index is 1.47. The lowest BCUT2D eigenvalue weighted by molar-refractivity contribution is 0.156. The first-order valence-corrected chi connectivity index (χ1v) is 8.86. The molecule has 2 saturated heterocycles. The molecule has 1 atom stereocenters. The van der Waals surface area contributed by atoms with Crippen LogP contribution in [-0.2, 0) is 0 Å². The summed E-state index contributed by atoms with van der Waals surface area (Å²) in [5, 5.41) is 0. The lowest BCUT2D eigenvalue weighted by Gasteiger charge is -2.34. The maximum atomic E-state index is 12.3. The third-order valence-corrected chi connectivity index (χ3v) is 5.30. The van der Waals surface area contributed by atoms with Gasteiger partial charge in [-0.15, -0.1) is 0 Å². The predicted octanol–water partition coefficient (Wildman–Crippen LogP) is 2.33. The van der Waals surface area contributed by atoms with E-state index in [4.69, 9.17) is 4.42 Å². The van der Waals surface area contributed by atoms with Crippen LogP contribution in [-0.4, -0.2) is 53.6 Å². The zero-order chi connectivity index (χ0) is 15.6. The van der Waals surface area contributed by atoms with Gasteiger partial charge in [0.2, 0.25) is 0 Å². The summed E-state index contributed by atoms with van der Waals surface area (Å²) in [5.74, 6) is -0.211. The number of para-hydroxylation sites is 2. The quantitative estimate of drug-likeness (QED) is 0.868. The van der Waals surface area contributed by atoms with Gasteiger partial charge in [-0.2, -0.15) is 0 Å². The highest BCUT2D eigenvalue weighted by Gasteiger charge is 2.25. The molecular weight excluding hydrogens is 290 g/mol. The van der Waals surface area contributed by atoms with E-state index in [1.54, 1.807) is 0 Å². The smallest absolute Gasteiger partial charge is 0.408 e. The molecule has 23 heavy (non-hydrogen) atoms. The van der Waals surface area contributed by atoms with Crippen molar-refractivity contribution in [2.24, 2.45) is 0 Å². The number of nitrogens with zero attached hydrogens (tertiary/aromatic N) is 3. The highest BCUT2D eigenvalue weighted by atomic mass is 16.4. The number of piperidine rings is 1. The highest BCUT2D eigenvalue weighted by molar-refractivity contribution is 5.72. The first kappa shape index (κ1) is 15.0. The largest absolute Gasteiger partial charge is 0.420 e. The molecule has 2 fully saturated rings.